The molecule has 0 radical (unpaired) electrons. The number of nitrogens with two attached hydrogens (primary N) is 1. The number of anilines is 2. The van der Waals surface area contributed by atoms with Gasteiger partial charge in [-0.05, 0) is 44.5 Å². The quantitative estimate of drug-likeness (QED) is 0.642. The zero-order valence-corrected chi connectivity index (χ0v) is 15.1. The van der Waals surface area contributed by atoms with Gasteiger partial charge >= 0.3 is 5.97 Å². The van der Waals surface area contributed by atoms with E-state index >= 15 is 0 Å². The van der Waals surface area contributed by atoms with Gasteiger partial charge in [0.15, 0.2) is 0 Å². The number of nitrogen functional groups attached to an aromatic ring is 1. The predicted molar refractivity (Wildman–Crippen MR) is 97.6 cm³/mol. The fourth-order valence-electron chi connectivity index (χ4n) is 2.11. The molecule has 0 aliphatic rings. The van der Waals surface area contributed by atoms with Gasteiger partial charge in [0.1, 0.15) is 11.4 Å². The summed E-state index contributed by atoms with van der Waals surface area (Å²) in [5.41, 5.74) is 6.42. The molecule has 0 bridgehead atoms. The number of para-hydroxylation sites is 1. The van der Waals surface area contributed by atoms with Gasteiger partial charge in [-0.15, -0.1) is 0 Å². The van der Waals surface area contributed by atoms with Crippen LogP contribution in [0.2, 0.25) is 5.02 Å². The summed E-state index contributed by atoms with van der Waals surface area (Å²) < 4.78 is 5.33. The van der Waals surface area contributed by atoms with Gasteiger partial charge in [-0.3, -0.25) is 4.79 Å². The highest BCUT2D eigenvalue weighted by molar-refractivity contribution is 6.30. The number of benzene rings is 1. The third kappa shape index (κ3) is 5.46. The lowest BCUT2D eigenvalue weighted by Crippen LogP contribution is -2.25. The van der Waals surface area contributed by atoms with E-state index in [9.17, 15) is 9.59 Å². The summed E-state index contributed by atoms with van der Waals surface area (Å²) in [5.74, 6) is -0.495. The van der Waals surface area contributed by atoms with Crippen LogP contribution >= 0.6 is 11.6 Å². The second-order valence-electron chi connectivity index (χ2n) is 6.46. The first-order chi connectivity index (χ1) is 11.7. The van der Waals surface area contributed by atoms with Crippen molar-refractivity contribution in [2.24, 2.45) is 0 Å². The van der Waals surface area contributed by atoms with Gasteiger partial charge < -0.3 is 15.8 Å². The molecule has 0 fully saturated rings. The topological polar surface area (TPSA) is 94.3 Å². The molecule has 25 heavy (non-hydrogen) atoms. The van der Waals surface area contributed by atoms with E-state index in [0.717, 1.165) is 0 Å². The Bertz CT molecular complexity index is 800. The van der Waals surface area contributed by atoms with Crippen molar-refractivity contribution in [3.05, 3.63) is 52.7 Å². The number of nitrogens with one attached hydrogen (secondary N) is 1. The third-order valence-corrected chi connectivity index (χ3v) is 3.39. The minimum Gasteiger partial charge on any atom is -0.456 e. The smallest absolute Gasteiger partial charge is 0.340 e. The molecule has 0 atom stereocenters. The van der Waals surface area contributed by atoms with Crippen molar-refractivity contribution in [3.8, 4) is 0 Å². The number of ether oxygens (including phenoxy) is 1. The van der Waals surface area contributed by atoms with Crippen molar-refractivity contribution >= 4 is 35.0 Å². The van der Waals surface area contributed by atoms with Gasteiger partial charge in [-0.2, -0.15) is 0 Å². The summed E-state index contributed by atoms with van der Waals surface area (Å²) in [6.07, 6.45) is 1.49. The molecule has 0 aliphatic heterocycles. The number of pyridine rings is 1. The number of hydrogen-bond acceptors (Lipinski definition) is 5. The Hall–Kier alpha value is -2.60. The lowest BCUT2D eigenvalue weighted by atomic mass is 10.0. The maximum atomic E-state index is 12.2. The maximum Gasteiger partial charge on any atom is 0.340 e. The Morgan fingerprint density at radius 1 is 1.28 bits per heavy atom. The van der Waals surface area contributed by atoms with Crippen LogP contribution < -0.4 is 11.1 Å². The molecular formula is C18H20ClN3O3. The van der Waals surface area contributed by atoms with Crippen LogP contribution in [0.25, 0.3) is 0 Å². The normalized spacial score (nSPS) is 11.0. The van der Waals surface area contributed by atoms with E-state index in [4.69, 9.17) is 22.1 Å². The van der Waals surface area contributed by atoms with E-state index < -0.39 is 11.6 Å². The maximum absolute atomic E-state index is 12.2. The van der Waals surface area contributed by atoms with E-state index in [0.29, 0.717) is 16.4 Å². The fourth-order valence-corrected chi connectivity index (χ4v) is 2.27. The number of carbonyl (C=O) groups is 2. The standard InChI is InChI=1S/C18H20ClN3O3/c1-18(2,3)25-17(24)13-6-4-5-11(16(13)20)9-15(23)22-14-10-12(19)7-8-21-14/h4-8,10H,9,20H2,1-3H3,(H,21,22,23). The number of esters is 1. The molecule has 0 spiro atoms. The molecule has 1 aromatic carbocycles. The molecule has 3 N–H and O–H groups in total. The third-order valence-electron chi connectivity index (χ3n) is 3.16. The molecular weight excluding hydrogens is 342 g/mol. The molecule has 132 valence electrons. The van der Waals surface area contributed by atoms with Crippen LogP contribution in [-0.4, -0.2) is 22.5 Å². The first-order valence-corrected chi connectivity index (χ1v) is 8.05. The SMILES string of the molecule is CC(C)(C)OC(=O)c1cccc(CC(=O)Nc2cc(Cl)ccn2)c1N. The van der Waals surface area contributed by atoms with Crippen molar-refractivity contribution in [2.45, 2.75) is 32.8 Å². The van der Waals surface area contributed by atoms with Crippen LogP contribution in [0.1, 0.15) is 36.7 Å². The highest BCUT2D eigenvalue weighted by Crippen LogP contribution is 2.22. The highest BCUT2D eigenvalue weighted by atomic mass is 35.5. The molecule has 1 heterocycles. The summed E-state index contributed by atoms with van der Waals surface area (Å²) in [6, 6.07) is 8.08. The molecule has 2 aromatic rings. The van der Waals surface area contributed by atoms with Gasteiger partial charge in [0.25, 0.3) is 0 Å². The van der Waals surface area contributed by atoms with E-state index in [2.05, 4.69) is 10.3 Å². The van der Waals surface area contributed by atoms with Crippen molar-refractivity contribution in [2.75, 3.05) is 11.1 Å². The Morgan fingerprint density at radius 2 is 2.00 bits per heavy atom. The molecule has 6 nitrogen and oxygen atoms in total. The molecule has 1 amide bonds. The Morgan fingerprint density at radius 3 is 2.64 bits per heavy atom. The average molecular weight is 362 g/mol. The summed E-state index contributed by atoms with van der Waals surface area (Å²) in [7, 11) is 0. The number of halogens is 1. The number of nitrogens with zero attached hydrogens (tertiary/aromatic N) is 1. The number of amides is 1. The number of hydrogen-bond donors (Lipinski definition) is 2. The molecule has 2 rings (SSSR count). The predicted octanol–water partition coefficient (Wildman–Crippen LogP) is 3.45. The van der Waals surface area contributed by atoms with Crippen LogP contribution in [0, 0.1) is 0 Å². The van der Waals surface area contributed by atoms with Crippen molar-refractivity contribution in [1.82, 2.24) is 4.98 Å². The fraction of sp³-hybridized carbons (Fsp3) is 0.278. The zero-order chi connectivity index (χ0) is 18.6. The van der Waals surface area contributed by atoms with Crippen molar-refractivity contribution in [1.29, 1.82) is 0 Å². The van der Waals surface area contributed by atoms with E-state index in [1.165, 1.54) is 6.20 Å². The Balaban J connectivity index is 2.13. The summed E-state index contributed by atoms with van der Waals surface area (Å²) in [5, 5.41) is 3.11. The Labute approximate surface area is 151 Å². The van der Waals surface area contributed by atoms with Crippen LogP contribution in [-0.2, 0) is 16.0 Å². The molecule has 0 saturated carbocycles. The lowest BCUT2D eigenvalue weighted by Gasteiger charge is -2.20. The number of carbonyl (C=O) groups excluding carboxylic acids is 2. The zero-order valence-electron chi connectivity index (χ0n) is 14.3. The van der Waals surface area contributed by atoms with Gasteiger partial charge in [0.2, 0.25) is 5.91 Å². The van der Waals surface area contributed by atoms with E-state index in [1.807, 2.05) is 0 Å². The van der Waals surface area contributed by atoms with Crippen LogP contribution in [0.5, 0.6) is 0 Å². The van der Waals surface area contributed by atoms with E-state index in [-0.39, 0.29) is 23.6 Å². The number of rotatable bonds is 4. The molecule has 0 saturated heterocycles. The lowest BCUT2D eigenvalue weighted by molar-refractivity contribution is -0.115. The van der Waals surface area contributed by atoms with Crippen molar-refractivity contribution < 1.29 is 14.3 Å². The molecule has 0 aliphatic carbocycles. The van der Waals surface area contributed by atoms with Gasteiger partial charge in [-0.1, -0.05) is 23.7 Å². The van der Waals surface area contributed by atoms with E-state index in [1.54, 1.807) is 51.1 Å². The van der Waals surface area contributed by atoms with Gasteiger partial charge in [0.05, 0.1) is 12.0 Å². The van der Waals surface area contributed by atoms with Gasteiger partial charge in [-0.25, -0.2) is 9.78 Å². The Kier molecular flexibility index (Phi) is 5.64. The van der Waals surface area contributed by atoms with Crippen LogP contribution in [0.3, 0.4) is 0 Å². The number of aromatic nitrogens is 1. The summed E-state index contributed by atoms with van der Waals surface area (Å²) in [6.45, 7) is 5.32. The summed E-state index contributed by atoms with van der Waals surface area (Å²) >= 11 is 5.86. The second-order valence-corrected chi connectivity index (χ2v) is 6.90. The van der Waals surface area contributed by atoms with Gasteiger partial charge in [0, 0.05) is 16.9 Å². The van der Waals surface area contributed by atoms with Crippen molar-refractivity contribution in [3.63, 3.8) is 0 Å². The van der Waals surface area contributed by atoms with Crippen LogP contribution in [0.15, 0.2) is 36.5 Å². The molecule has 7 heteroatoms. The minimum atomic E-state index is -0.630. The largest absolute Gasteiger partial charge is 0.456 e. The molecule has 1 aromatic heterocycles. The summed E-state index contributed by atoms with van der Waals surface area (Å²) in [4.78, 5) is 28.4. The first kappa shape index (κ1) is 18.7. The van der Waals surface area contributed by atoms with Crippen LogP contribution in [0.4, 0.5) is 11.5 Å². The minimum absolute atomic E-state index is 0.00331. The first-order valence-electron chi connectivity index (χ1n) is 7.68. The molecule has 0 unspecified atom stereocenters. The average Bonchev–Trinajstić information content (AvgIpc) is 2.47. The second kappa shape index (κ2) is 7.53. The highest BCUT2D eigenvalue weighted by Gasteiger charge is 2.21. The monoisotopic (exact) mass is 361 g/mol.